The molecule has 9 heteroatoms. The molecule has 0 aromatic carbocycles. The van der Waals surface area contributed by atoms with E-state index in [9.17, 15) is 19.8 Å². The van der Waals surface area contributed by atoms with Crippen molar-refractivity contribution in [2.75, 3.05) is 14.1 Å². The summed E-state index contributed by atoms with van der Waals surface area (Å²) in [6, 6.07) is -0.302. The highest BCUT2D eigenvalue weighted by atomic mass is 32.1. The molecule has 1 aromatic rings. The number of epoxide rings is 1. The van der Waals surface area contributed by atoms with Gasteiger partial charge in [0.05, 0.1) is 41.0 Å². The summed E-state index contributed by atoms with van der Waals surface area (Å²) in [6.07, 6.45) is 6.16. The number of nitrogens with zero attached hydrogens (tertiary/aromatic N) is 2. The van der Waals surface area contributed by atoms with Crippen molar-refractivity contribution >= 4 is 29.2 Å². The van der Waals surface area contributed by atoms with E-state index < -0.39 is 53.4 Å². The highest BCUT2D eigenvalue weighted by Gasteiger charge is 2.59. The third-order valence-corrected chi connectivity index (χ3v) is 9.35. The van der Waals surface area contributed by atoms with Crippen molar-refractivity contribution in [1.82, 2.24) is 9.88 Å². The van der Waals surface area contributed by atoms with Gasteiger partial charge in [0.25, 0.3) is 0 Å². The Hall–Kier alpha value is -2.09. The Bertz CT molecular complexity index is 1120. The molecule has 39 heavy (non-hydrogen) atoms. The minimum absolute atomic E-state index is 0.161. The molecular formula is C30H44N2O6S. The van der Waals surface area contributed by atoms with Gasteiger partial charge in [-0.1, -0.05) is 26.2 Å². The molecule has 0 radical (unpaired) electrons. The molecule has 2 aliphatic heterocycles. The number of hydrogen-bond donors (Lipinski definition) is 2. The van der Waals surface area contributed by atoms with Gasteiger partial charge in [-0.2, -0.15) is 0 Å². The molecule has 8 nitrogen and oxygen atoms in total. The Morgan fingerprint density at radius 3 is 2.51 bits per heavy atom. The lowest BCUT2D eigenvalue weighted by Crippen LogP contribution is -2.49. The lowest BCUT2D eigenvalue weighted by atomic mass is 9.72. The largest absolute Gasteiger partial charge is 0.456 e. The number of carbonyl (C=O) groups is 2. The molecule has 2 N–H and O–H groups in total. The summed E-state index contributed by atoms with van der Waals surface area (Å²) >= 11 is 1.54. The number of hydrogen-bond acceptors (Lipinski definition) is 9. The number of ketones is 1. The molecule has 3 rings (SSSR count). The second kappa shape index (κ2) is 12.2. The number of terminal acetylenes is 1. The zero-order valence-electron chi connectivity index (χ0n) is 24.4. The molecule has 1 aromatic heterocycles. The molecule has 0 aliphatic carbocycles. The fourth-order valence-electron chi connectivity index (χ4n) is 5.73. The average Bonchev–Trinajstić information content (AvgIpc) is 3.34. The number of thiazole rings is 1. The maximum absolute atomic E-state index is 13.4. The molecule has 216 valence electrons. The van der Waals surface area contributed by atoms with Crippen LogP contribution in [0.25, 0.3) is 6.08 Å². The van der Waals surface area contributed by atoms with Gasteiger partial charge >= 0.3 is 5.97 Å². The molecule has 9 atom stereocenters. The maximum Gasteiger partial charge on any atom is 0.309 e. The first kappa shape index (κ1) is 31.4. The topological polar surface area (TPSA) is 112 Å². The molecule has 0 bridgehead atoms. The third-order valence-electron chi connectivity index (χ3n) is 8.56. The highest BCUT2D eigenvalue weighted by Crippen LogP contribution is 2.46. The summed E-state index contributed by atoms with van der Waals surface area (Å²) in [6.45, 7) is 10.9. The van der Waals surface area contributed by atoms with Gasteiger partial charge < -0.3 is 24.6 Å². The van der Waals surface area contributed by atoms with Crippen LogP contribution in [-0.4, -0.2) is 82.0 Å². The second-order valence-electron chi connectivity index (χ2n) is 12.0. The molecule has 0 saturated carbocycles. The third kappa shape index (κ3) is 6.80. The standard InChI is InChI=1S/C30H44N2O6S/c1-10-29(6)22(33)15-23(34)37-26(18(3)14-21-16-39-20(5)31-21)24(32(8)9)28-30(7,38-28)13-11-12-17(2)25(35)19(4)27(29)36/h1,14,16-17,19,22,24-26,28,33,35H,11-13,15H2,2-9H3/b18-14+/t17-,19+,22-,24?,25-,26+,28-,29-,30+/m0/s1. The number of likely N-dealkylation sites (N-methyl/N-ethyl adjacent to an activating group) is 1. The molecule has 0 amide bonds. The Morgan fingerprint density at radius 1 is 1.28 bits per heavy atom. The van der Waals surface area contributed by atoms with E-state index in [2.05, 4.69) is 17.8 Å². The van der Waals surface area contributed by atoms with Gasteiger partial charge in [-0.3, -0.25) is 9.59 Å². The number of aryl methyl sites for hydroxylation is 1. The van der Waals surface area contributed by atoms with Gasteiger partial charge in [0.1, 0.15) is 17.6 Å². The Morgan fingerprint density at radius 2 is 1.95 bits per heavy atom. The normalized spacial score (nSPS) is 39.1. The monoisotopic (exact) mass is 560 g/mol. The van der Waals surface area contributed by atoms with E-state index >= 15 is 0 Å². The van der Waals surface area contributed by atoms with Crippen LogP contribution < -0.4 is 0 Å². The minimum Gasteiger partial charge on any atom is -0.456 e. The van der Waals surface area contributed by atoms with Crippen molar-refractivity contribution in [3.05, 3.63) is 21.7 Å². The first-order valence-corrected chi connectivity index (χ1v) is 14.5. The zero-order valence-corrected chi connectivity index (χ0v) is 25.2. The first-order chi connectivity index (χ1) is 18.1. The zero-order chi connectivity index (χ0) is 29.3. The van der Waals surface area contributed by atoms with Gasteiger partial charge in [-0.05, 0) is 72.2 Å². The van der Waals surface area contributed by atoms with Crippen LogP contribution in [0.5, 0.6) is 0 Å². The van der Waals surface area contributed by atoms with Crippen LogP contribution >= 0.6 is 11.3 Å². The van der Waals surface area contributed by atoms with Gasteiger partial charge in [0, 0.05) is 11.3 Å². The molecule has 2 saturated heterocycles. The second-order valence-corrected chi connectivity index (χ2v) is 13.0. The first-order valence-electron chi connectivity index (χ1n) is 13.7. The van der Waals surface area contributed by atoms with Crippen LogP contribution in [0.3, 0.4) is 0 Å². The lowest BCUT2D eigenvalue weighted by Gasteiger charge is -2.35. The number of fused-ring (bicyclic) bond motifs is 1. The van der Waals surface area contributed by atoms with Crippen LogP contribution in [-0.2, 0) is 19.1 Å². The van der Waals surface area contributed by atoms with Gasteiger partial charge in [-0.15, -0.1) is 17.8 Å². The van der Waals surface area contributed by atoms with Crippen molar-refractivity contribution in [2.24, 2.45) is 17.3 Å². The summed E-state index contributed by atoms with van der Waals surface area (Å²) in [5.74, 6) is 0.309. The number of aromatic nitrogens is 1. The van der Waals surface area contributed by atoms with Crippen LogP contribution in [0.1, 0.15) is 71.0 Å². The molecule has 2 aliphatic rings. The van der Waals surface area contributed by atoms with Crippen molar-refractivity contribution < 1.29 is 29.3 Å². The summed E-state index contributed by atoms with van der Waals surface area (Å²) in [7, 11) is 3.85. The molecule has 3 heterocycles. The summed E-state index contributed by atoms with van der Waals surface area (Å²) in [4.78, 5) is 33.3. The van der Waals surface area contributed by atoms with E-state index in [-0.39, 0.29) is 18.1 Å². The van der Waals surface area contributed by atoms with E-state index in [4.69, 9.17) is 15.9 Å². The number of ether oxygens (including phenoxy) is 2. The minimum atomic E-state index is -1.66. The van der Waals surface area contributed by atoms with Crippen molar-refractivity contribution in [2.45, 2.75) is 103 Å². The van der Waals surface area contributed by atoms with E-state index in [0.29, 0.717) is 6.42 Å². The average molecular weight is 561 g/mol. The Kier molecular flexibility index (Phi) is 9.83. The summed E-state index contributed by atoms with van der Waals surface area (Å²) in [5, 5.41) is 24.9. The van der Waals surface area contributed by atoms with Gasteiger partial charge in [0.15, 0.2) is 5.78 Å². The van der Waals surface area contributed by atoms with Crippen LogP contribution in [0.4, 0.5) is 0 Å². The predicted octanol–water partition coefficient (Wildman–Crippen LogP) is 3.63. The maximum atomic E-state index is 13.4. The number of aliphatic hydroxyl groups is 2. The SMILES string of the molecule is C#C[C@]1(C)C(=O)[C@H](C)[C@@H](O)[C@@H](C)CCC[C@@]2(C)O[C@H]2C(N(C)C)[C@@H](/C(C)=C/c2csc(C)n2)OC(=O)C[C@@H]1O. The highest BCUT2D eigenvalue weighted by molar-refractivity contribution is 7.09. The van der Waals surface area contributed by atoms with Crippen LogP contribution in [0.2, 0.25) is 0 Å². The summed E-state index contributed by atoms with van der Waals surface area (Å²) in [5.41, 5.74) is -0.500. The molecule has 2 fully saturated rings. The van der Waals surface area contributed by atoms with E-state index in [1.165, 1.54) is 18.3 Å². The molecule has 1 unspecified atom stereocenters. The lowest BCUT2D eigenvalue weighted by molar-refractivity contribution is -0.155. The smallest absolute Gasteiger partial charge is 0.309 e. The van der Waals surface area contributed by atoms with Crippen molar-refractivity contribution in [3.8, 4) is 12.3 Å². The Balaban J connectivity index is 2.02. The Labute approximate surface area is 236 Å². The van der Waals surface area contributed by atoms with Crippen LogP contribution in [0.15, 0.2) is 11.0 Å². The molecular weight excluding hydrogens is 516 g/mol. The van der Waals surface area contributed by atoms with E-state index in [1.54, 1.807) is 6.92 Å². The number of esters is 1. The van der Waals surface area contributed by atoms with Crippen LogP contribution in [0, 0.1) is 36.5 Å². The predicted molar refractivity (Wildman–Crippen MR) is 152 cm³/mol. The fourth-order valence-corrected chi connectivity index (χ4v) is 6.30. The summed E-state index contributed by atoms with van der Waals surface area (Å²) < 4.78 is 12.4. The quantitative estimate of drug-likeness (QED) is 0.328. The fraction of sp³-hybridized carbons (Fsp3) is 0.700. The van der Waals surface area contributed by atoms with E-state index in [1.807, 2.05) is 51.2 Å². The van der Waals surface area contributed by atoms with E-state index in [0.717, 1.165) is 29.1 Å². The number of cyclic esters (lactones) is 1. The number of carbonyl (C=O) groups excluding carboxylic acids is 2. The van der Waals surface area contributed by atoms with Gasteiger partial charge in [0.2, 0.25) is 0 Å². The van der Waals surface area contributed by atoms with Gasteiger partial charge in [-0.25, -0.2) is 4.98 Å². The van der Waals surface area contributed by atoms with Crippen molar-refractivity contribution in [3.63, 3.8) is 0 Å². The number of Topliss-reactive ketones (excluding diaryl/α,β-unsaturated/α-hetero) is 1. The molecule has 0 spiro atoms. The number of aliphatic hydroxyl groups excluding tert-OH is 2. The number of rotatable bonds is 3. The van der Waals surface area contributed by atoms with Crippen molar-refractivity contribution in [1.29, 1.82) is 0 Å².